The Balaban J connectivity index is 4.45. The number of rotatable bonds is 8. The highest BCUT2D eigenvalue weighted by Crippen LogP contribution is 2.15. The van der Waals surface area contributed by atoms with Crippen LogP contribution in [0, 0.1) is 0 Å². The molecular weight excluding hydrogens is 256 g/mol. The fourth-order valence-corrected chi connectivity index (χ4v) is 1.26. The van der Waals surface area contributed by atoms with E-state index in [-0.39, 0.29) is 12.8 Å². The third-order valence-electron chi connectivity index (χ3n) is 1.90. The first-order chi connectivity index (χ1) is 8.07. The summed E-state index contributed by atoms with van der Waals surface area (Å²) in [5.41, 5.74) is 5.17. The Labute approximate surface area is 113 Å². The minimum absolute atomic E-state index is 0.259. The highest BCUT2D eigenvalue weighted by molar-refractivity contribution is 7.80. The molecule has 0 heterocycles. The summed E-state index contributed by atoms with van der Waals surface area (Å²) in [6.07, 6.45) is -0.725. The lowest BCUT2D eigenvalue weighted by molar-refractivity contribution is 0.149. The van der Waals surface area contributed by atoms with Crippen LogP contribution >= 0.6 is 25.3 Å². The molecule has 2 atom stereocenters. The molecule has 0 aromatic rings. The van der Waals surface area contributed by atoms with Gasteiger partial charge < -0.3 is 14.9 Å². The van der Waals surface area contributed by atoms with Crippen LogP contribution in [-0.4, -0.2) is 33.9 Å². The number of hydrogen-bond donors (Lipinski definition) is 4. The van der Waals surface area contributed by atoms with Gasteiger partial charge in [-0.05, 0) is 0 Å². The topological polar surface area (TPSA) is 49.7 Å². The normalized spacial score (nSPS) is 13.2. The minimum atomic E-state index is -0.622. The van der Waals surface area contributed by atoms with E-state index in [0.29, 0.717) is 23.0 Å². The summed E-state index contributed by atoms with van der Waals surface area (Å²) >= 11 is 7.92. The molecule has 0 saturated carbocycles. The second-order valence-corrected chi connectivity index (χ2v) is 4.11. The molecule has 0 aliphatic carbocycles. The van der Waals surface area contributed by atoms with Gasteiger partial charge in [-0.2, -0.15) is 25.3 Å². The smallest absolute Gasteiger partial charge is 0.149 e. The number of thiol groups is 2. The van der Waals surface area contributed by atoms with Crippen molar-refractivity contribution in [1.82, 2.24) is 0 Å². The van der Waals surface area contributed by atoms with E-state index in [1.165, 1.54) is 0 Å². The summed E-state index contributed by atoms with van der Waals surface area (Å²) in [6.45, 7) is 6.95. The van der Waals surface area contributed by atoms with Crippen LogP contribution in [0.2, 0.25) is 0 Å². The lowest BCUT2D eigenvalue weighted by atomic mass is 10.2. The third kappa shape index (κ3) is 7.40. The molecule has 2 N–H and O–H groups in total. The van der Waals surface area contributed by atoms with Gasteiger partial charge in [-0.1, -0.05) is 24.6 Å². The van der Waals surface area contributed by atoms with Gasteiger partial charge in [-0.15, -0.1) is 0 Å². The highest BCUT2D eigenvalue weighted by Gasteiger charge is 2.11. The van der Waals surface area contributed by atoms with Crippen molar-refractivity contribution in [3.05, 3.63) is 36.1 Å². The zero-order valence-corrected chi connectivity index (χ0v) is 11.4. The molecule has 0 aliphatic rings. The molecule has 0 amide bonds. The third-order valence-corrected chi connectivity index (χ3v) is 2.75. The molecular formula is C12H18O3S2. The Hall–Kier alpha value is -0.540. The average molecular weight is 274 g/mol. The Morgan fingerprint density at radius 2 is 1.35 bits per heavy atom. The maximum Gasteiger partial charge on any atom is 0.149 e. The van der Waals surface area contributed by atoms with Crippen LogP contribution in [0.3, 0.4) is 0 Å². The largest absolute Gasteiger partial charge is 0.449 e. The predicted octanol–water partition coefficient (Wildman–Crippen LogP) is 1.70. The van der Waals surface area contributed by atoms with Crippen molar-refractivity contribution in [1.29, 1.82) is 0 Å². The summed E-state index contributed by atoms with van der Waals surface area (Å²) < 4.78 is 5.39. The molecule has 0 saturated heterocycles. The molecule has 0 aromatic heterocycles. The van der Waals surface area contributed by atoms with Crippen LogP contribution in [0.1, 0.15) is 12.8 Å². The van der Waals surface area contributed by atoms with Gasteiger partial charge in [0.15, 0.2) is 0 Å². The van der Waals surface area contributed by atoms with Crippen molar-refractivity contribution in [2.75, 3.05) is 11.5 Å². The van der Waals surface area contributed by atoms with Crippen molar-refractivity contribution < 1.29 is 14.9 Å². The van der Waals surface area contributed by atoms with E-state index in [0.717, 1.165) is 0 Å². The first kappa shape index (κ1) is 16.5. The Bertz CT molecular complexity index is 297. The zero-order valence-electron chi connectivity index (χ0n) is 9.59. The lowest BCUT2D eigenvalue weighted by Gasteiger charge is -2.14. The number of aliphatic hydroxyl groups excluding tert-OH is 2. The summed E-state index contributed by atoms with van der Waals surface area (Å²) in [5, 5.41) is 18.8. The monoisotopic (exact) mass is 274 g/mol. The Kier molecular flexibility index (Phi) is 9.18. The second-order valence-electron chi connectivity index (χ2n) is 3.38. The second kappa shape index (κ2) is 9.49. The average Bonchev–Trinajstić information content (AvgIpc) is 2.36. The quantitative estimate of drug-likeness (QED) is 0.310. The van der Waals surface area contributed by atoms with E-state index in [4.69, 9.17) is 4.74 Å². The molecule has 0 fully saturated rings. The van der Waals surface area contributed by atoms with Gasteiger partial charge >= 0.3 is 0 Å². The van der Waals surface area contributed by atoms with Crippen LogP contribution in [-0.2, 0) is 4.74 Å². The zero-order chi connectivity index (χ0) is 13.3. The first-order valence-corrected chi connectivity index (χ1v) is 6.37. The lowest BCUT2D eigenvalue weighted by Crippen LogP contribution is -2.13. The first-order valence-electron chi connectivity index (χ1n) is 5.10. The van der Waals surface area contributed by atoms with Gasteiger partial charge in [0, 0.05) is 24.3 Å². The van der Waals surface area contributed by atoms with E-state index < -0.39 is 12.2 Å². The van der Waals surface area contributed by atoms with Crippen LogP contribution in [0.25, 0.3) is 0 Å². The van der Waals surface area contributed by atoms with Crippen LogP contribution in [0.15, 0.2) is 36.1 Å². The highest BCUT2D eigenvalue weighted by atomic mass is 32.1. The minimum Gasteiger partial charge on any atom is -0.449 e. The SMILES string of the molecule is C=C=C(CC(O)CS)OC(=C=C)CC(O)CS. The van der Waals surface area contributed by atoms with Gasteiger partial charge in [0.1, 0.15) is 11.5 Å². The fourth-order valence-electron chi connectivity index (χ4n) is 1.01. The molecule has 2 unspecified atom stereocenters. The van der Waals surface area contributed by atoms with Crippen LogP contribution in [0.4, 0.5) is 0 Å². The molecule has 3 nitrogen and oxygen atoms in total. The van der Waals surface area contributed by atoms with Crippen LogP contribution in [0.5, 0.6) is 0 Å². The maximum atomic E-state index is 9.42. The Morgan fingerprint density at radius 3 is 1.59 bits per heavy atom. The number of aliphatic hydroxyl groups is 2. The van der Waals surface area contributed by atoms with Gasteiger partial charge in [-0.3, -0.25) is 0 Å². The number of ether oxygens (including phenoxy) is 1. The summed E-state index contributed by atoms with van der Waals surface area (Å²) in [5.74, 6) is 1.40. The summed E-state index contributed by atoms with van der Waals surface area (Å²) in [6, 6.07) is 0. The molecule has 0 spiro atoms. The predicted molar refractivity (Wildman–Crippen MR) is 75.3 cm³/mol. The van der Waals surface area contributed by atoms with E-state index in [2.05, 4.69) is 49.9 Å². The molecule has 96 valence electrons. The van der Waals surface area contributed by atoms with E-state index >= 15 is 0 Å². The van der Waals surface area contributed by atoms with Crippen LogP contribution < -0.4 is 0 Å². The number of hydrogen-bond acceptors (Lipinski definition) is 5. The molecule has 17 heavy (non-hydrogen) atoms. The van der Waals surface area contributed by atoms with Crippen molar-refractivity contribution in [3.63, 3.8) is 0 Å². The van der Waals surface area contributed by atoms with Gasteiger partial charge in [0.2, 0.25) is 0 Å². The van der Waals surface area contributed by atoms with E-state index in [1.807, 2.05) is 0 Å². The fraction of sp³-hybridized carbons (Fsp3) is 0.500. The van der Waals surface area contributed by atoms with Gasteiger partial charge in [-0.25, -0.2) is 0 Å². The molecule has 0 radical (unpaired) electrons. The Morgan fingerprint density at radius 1 is 1.00 bits per heavy atom. The maximum absolute atomic E-state index is 9.42. The van der Waals surface area contributed by atoms with E-state index in [1.54, 1.807) is 0 Å². The standard InChI is InChI=1S/C12H18O3S2/c1-3-11(5-9(13)7-16)15-12(4-2)6-10(14)8-17/h9-10,13-14,16-17H,1-2,5-8H2. The molecule has 0 aliphatic heterocycles. The summed E-state index contributed by atoms with van der Waals surface area (Å²) in [4.78, 5) is 0. The van der Waals surface area contributed by atoms with Crippen molar-refractivity contribution in [2.24, 2.45) is 0 Å². The van der Waals surface area contributed by atoms with Crippen molar-refractivity contribution in [2.45, 2.75) is 25.0 Å². The van der Waals surface area contributed by atoms with E-state index in [9.17, 15) is 10.2 Å². The van der Waals surface area contributed by atoms with Gasteiger partial charge in [0.25, 0.3) is 0 Å². The van der Waals surface area contributed by atoms with Crippen molar-refractivity contribution in [3.8, 4) is 0 Å². The summed E-state index contributed by atoms with van der Waals surface area (Å²) in [7, 11) is 0. The molecule has 0 rings (SSSR count). The molecule has 0 bridgehead atoms. The van der Waals surface area contributed by atoms with Gasteiger partial charge in [0.05, 0.1) is 12.2 Å². The molecule has 0 aromatic carbocycles. The molecule has 5 heteroatoms. The van der Waals surface area contributed by atoms with Crippen molar-refractivity contribution >= 4 is 25.3 Å².